The molecule has 1 aliphatic carbocycles. The van der Waals surface area contributed by atoms with Crippen LogP contribution in [0.4, 0.5) is 0 Å². The van der Waals surface area contributed by atoms with Crippen LogP contribution in [-0.2, 0) is 17.9 Å². The summed E-state index contributed by atoms with van der Waals surface area (Å²) < 4.78 is 7.22. The lowest BCUT2D eigenvalue weighted by atomic mass is 10.0. The summed E-state index contributed by atoms with van der Waals surface area (Å²) in [5, 5.41) is 5.46. The minimum atomic E-state index is -0.0183. The van der Waals surface area contributed by atoms with Crippen molar-refractivity contribution >= 4 is 17.5 Å². The average Bonchev–Trinajstić information content (AvgIpc) is 3.34. The molecule has 0 N–H and O–H groups in total. The maximum absolute atomic E-state index is 13.4. The number of carbonyl (C=O) groups excluding carboxylic acids is 1. The van der Waals surface area contributed by atoms with Crippen LogP contribution in [0.25, 0.3) is 16.9 Å². The quantitative estimate of drug-likeness (QED) is 0.368. The first-order valence-electron chi connectivity index (χ1n) is 11.5. The van der Waals surface area contributed by atoms with Gasteiger partial charge in [-0.3, -0.25) is 4.79 Å². The van der Waals surface area contributed by atoms with Crippen LogP contribution in [0, 0.1) is 5.92 Å². The molecule has 3 aromatic carbocycles. The summed E-state index contributed by atoms with van der Waals surface area (Å²) in [4.78, 5) is 15.4. The number of hydrogen-bond donors (Lipinski definition) is 0. The van der Waals surface area contributed by atoms with Gasteiger partial charge in [-0.1, -0.05) is 54.1 Å². The molecule has 170 valence electrons. The number of carbonyl (C=O) groups is 1. The molecule has 0 radical (unpaired) electrons. The standard InChI is InChI=1S/C28H24ClN3O2/c1-34-26-12-11-18(13-25(26)29)27-24(17-32(30-27)21-9-3-2-4-10-21)22-14-23(22)28(33)31-15-19-7-5-6-8-20(19)16-31/h2-13,17,22-23H,14-16H2,1H3. The third kappa shape index (κ3) is 3.66. The minimum Gasteiger partial charge on any atom is -0.495 e. The van der Waals surface area contributed by atoms with E-state index < -0.39 is 0 Å². The van der Waals surface area contributed by atoms with Crippen molar-refractivity contribution in [1.29, 1.82) is 0 Å². The summed E-state index contributed by atoms with van der Waals surface area (Å²) in [5.41, 5.74) is 6.34. The van der Waals surface area contributed by atoms with E-state index in [1.807, 2.05) is 70.2 Å². The lowest BCUT2D eigenvalue weighted by Crippen LogP contribution is -2.27. The number of benzene rings is 3. The first kappa shape index (κ1) is 21.0. The SMILES string of the molecule is COc1ccc(-c2nn(-c3ccccc3)cc2C2CC2C(=O)N2Cc3ccccc3C2)cc1Cl. The maximum atomic E-state index is 13.4. The highest BCUT2D eigenvalue weighted by atomic mass is 35.5. The topological polar surface area (TPSA) is 47.4 Å². The Kier molecular flexibility index (Phi) is 5.15. The molecule has 1 saturated carbocycles. The molecule has 2 unspecified atom stereocenters. The van der Waals surface area contributed by atoms with Crippen molar-refractivity contribution in [3.63, 3.8) is 0 Å². The van der Waals surface area contributed by atoms with Gasteiger partial charge in [0.05, 0.1) is 23.5 Å². The lowest BCUT2D eigenvalue weighted by Gasteiger charge is -2.15. The van der Waals surface area contributed by atoms with Gasteiger partial charge in [0.15, 0.2) is 0 Å². The molecule has 34 heavy (non-hydrogen) atoms. The fourth-order valence-electron chi connectivity index (χ4n) is 4.94. The molecule has 0 bridgehead atoms. The van der Waals surface area contributed by atoms with E-state index in [1.165, 1.54) is 11.1 Å². The van der Waals surface area contributed by atoms with Crippen molar-refractivity contribution in [2.75, 3.05) is 7.11 Å². The second kappa shape index (κ2) is 8.33. The first-order valence-corrected chi connectivity index (χ1v) is 11.8. The van der Waals surface area contributed by atoms with Crippen LogP contribution >= 0.6 is 11.6 Å². The Bertz CT molecular complexity index is 1360. The van der Waals surface area contributed by atoms with Crippen molar-refractivity contribution in [2.45, 2.75) is 25.4 Å². The second-order valence-electron chi connectivity index (χ2n) is 8.97. The molecule has 1 fully saturated rings. The molecule has 6 heteroatoms. The molecular weight excluding hydrogens is 446 g/mol. The number of nitrogens with zero attached hydrogens (tertiary/aromatic N) is 3. The Morgan fingerprint density at radius 2 is 1.71 bits per heavy atom. The van der Waals surface area contributed by atoms with E-state index in [9.17, 15) is 4.79 Å². The van der Waals surface area contributed by atoms with Gasteiger partial charge in [0.1, 0.15) is 5.75 Å². The van der Waals surface area contributed by atoms with Crippen molar-refractivity contribution in [1.82, 2.24) is 14.7 Å². The molecule has 2 aliphatic rings. The third-order valence-electron chi connectivity index (χ3n) is 6.85. The number of methoxy groups -OCH3 is 1. The van der Waals surface area contributed by atoms with Crippen LogP contribution in [0.5, 0.6) is 5.75 Å². The highest BCUT2D eigenvalue weighted by molar-refractivity contribution is 6.32. The van der Waals surface area contributed by atoms with Crippen LogP contribution in [-0.4, -0.2) is 27.7 Å². The monoisotopic (exact) mass is 469 g/mol. The predicted molar refractivity (Wildman–Crippen MR) is 132 cm³/mol. The van der Waals surface area contributed by atoms with Crippen molar-refractivity contribution in [2.24, 2.45) is 5.92 Å². The molecule has 5 nitrogen and oxygen atoms in total. The molecule has 6 rings (SSSR count). The van der Waals surface area contributed by atoms with Gasteiger partial charge < -0.3 is 9.64 Å². The molecule has 0 spiro atoms. The number of fused-ring (bicyclic) bond motifs is 1. The summed E-state index contributed by atoms with van der Waals surface area (Å²) in [6.07, 6.45) is 2.91. The molecular formula is C28H24ClN3O2. The van der Waals surface area contributed by atoms with E-state index in [0.717, 1.165) is 28.9 Å². The van der Waals surface area contributed by atoms with Gasteiger partial charge >= 0.3 is 0 Å². The maximum Gasteiger partial charge on any atom is 0.226 e. The smallest absolute Gasteiger partial charge is 0.226 e. The molecule has 1 amide bonds. The van der Waals surface area contributed by atoms with Crippen LogP contribution in [0.3, 0.4) is 0 Å². The van der Waals surface area contributed by atoms with E-state index >= 15 is 0 Å². The zero-order valence-corrected chi connectivity index (χ0v) is 19.6. The fourth-order valence-corrected chi connectivity index (χ4v) is 5.20. The van der Waals surface area contributed by atoms with Crippen molar-refractivity contribution in [3.8, 4) is 22.7 Å². The number of ether oxygens (including phenoxy) is 1. The van der Waals surface area contributed by atoms with E-state index in [1.54, 1.807) is 7.11 Å². The zero-order valence-electron chi connectivity index (χ0n) is 18.8. The Balaban J connectivity index is 1.32. The Labute approximate surface area is 203 Å². The van der Waals surface area contributed by atoms with E-state index in [4.69, 9.17) is 21.4 Å². The highest BCUT2D eigenvalue weighted by Crippen LogP contribution is 2.52. The van der Waals surface area contributed by atoms with Gasteiger partial charge in [-0.2, -0.15) is 5.10 Å². The molecule has 1 aliphatic heterocycles. The lowest BCUT2D eigenvalue weighted by molar-refractivity contribution is -0.133. The van der Waals surface area contributed by atoms with Crippen LogP contribution in [0.1, 0.15) is 29.0 Å². The van der Waals surface area contributed by atoms with Gasteiger partial charge in [-0.15, -0.1) is 0 Å². The predicted octanol–water partition coefficient (Wildman–Crippen LogP) is 5.85. The average molecular weight is 470 g/mol. The molecule has 2 atom stereocenters. The Hall–Kier alpha value is -3.57. The summed E-state index contributed by atoms with van der Waals surface area (Å²) in [5.74, 6) is 0.981. The van der Waals surface area contributed by atoms with Crippen LogP contribution < -0.4 is 4.74 Å². The van der Waals surface area contributed by atoms with Crippen LogP contribution in [0.15, 0.2) is 79.0 Å². The Morgan fingerprint density at radius 1 is 1.00 bits per heavy atom. The Morgan fingerprint density at radius 3 is 2.38 bits per heavy atom. The highest BCUT2D eigenvalue weighted by Gasteiger charge is 2.48. The van der Waals surface area contributed by atoms with Crippen molar-refractivity contribution in [3.05, 3.63) is 101 Å². The number of halogens is 1. The van der Waals surface area contributed by atoms with E-state index in [0.29, 0.717) is 23.9 Å². The van der Waals surface area contributed by atoms with E-state index in [-0.39, 0.29) is 17.7 Å². The summed E-state index contributed by atoms with van der Waals surface area (Å²) in [6, 6.07) is 24.1. The van der Waals surface area contributed by atoms with Crippen LogP contribution in [0.2, 0.25) is 5.02 Å². The largest absolute Gasteiger partial charge is 0.495 e. The number of para-hydroxylation sites is 1. The molecule has 0 saturated heterocycles. The van der Waals surface area contributed by atoms with Crippen molar-refractivity contribution < 1.29 is 9.53 Å². The number of amides is 1. The third-order valence-corrected chi connectivity index (χ3v) is 7.14. The fraction of sp³-hybridized carbons (Fsp3) is 0.214. The first-order chi connectivity index (χ1) is 16.6. The van der Waals surface area contributed by atoms with Gasteiger partial charge in [-0.25, -0.2) is 4.68 Å². The zero-order chi connectivity index (χ0) is 23.2. The molecule has 1 aromatic heterocycles. The molecule has 2 heterocycles. The van der Waals surface area contributed by atoms with E-state index in [2.05, 4.69) is 18.3 Å². The summed E-state index contributed by atoms with van der Waals surface area (Å²) in [6.45, 7) is 1.39. The number of rotatable bonds is 5. The normalized spacial score (nSPS) is 18.6. The van der Waals surface area contributed by atoms with Gasteiger partial charge in [-0.05, 0) is 47.9 Å². The summed E-state index contributed by atoms with van der Waals surface area (Å²) in [7, 11) is 1.60. The number of aromatic nitrogens is 2. The molecule has 4 aromatic rings. The van der Waals surface area contributed by atoms with Gasteiger partial charge in [0.2, 0.25) is 5.91 Å². The number of hydrogen-bond acceptors (Lipinski definition) is 3. The van der Waals surface area contributed by atoms with Gasteiger partial charge in [0, 0.05) is 42.2 Å². The van der Waals surface area contributed by atoms with Gasteiger partial charge in [0.25, 0.3) is 0 Å². The minimum absolute atomic E-state index is 0.0183. The second-order valence-corrected chi connectivity index (χ2v) is 9.38. The summed E-state index contributed by atoms with van der Waals surface area (Å²) >= 11 is 6.44.